The van der Waals surface area contributed by atoms with Crippen molar-refractivity contribution in [2.24, 2.45) is 11.5 Å². The molecule has 0 spiro atoms. The van der Waals surface area contributed by atoms with Crippen LogP contribution in [0.5, 0.6) is 0 Å². The van der Waals surface area contributed by atoms with Crippen LogP contribution in [0.15, 0.2) is 30.0 Å². The molecule has 1 aliphatic heterocycles. The average Bonchev–Trinajstić information content (AvgIpc) is 2.67. The molecule has 0 bridgehead atoms. The Balaban J connectivity index is 2.26. The number of rotatable bonds is 4. The minimum atomic E-state index is -0.531. The average molecular weight is 378 g/mol. The number of thioether (sulfide) groups is 1. The highest BCUT2D eigenvalue weighted by molar-refractivity contribution is 7.99. The molecule has 0 aromatic heterocycles. The summed E-state index contributed by atoms with van der Waals surface area (Å²) in [6.07, 6.45) is 2.88. The molecule has 26 heavy (non-hydrogen) atoms. The number of nitrogens with zero attached hydrogens (tertiary/aromatic N) is 1. The zero-order valence-corrected chi connectivity index (χ0v) is 15.7. The van der Waals surface area contributed by atoms with Crippen molar-refractivity contribution in [2.45, 2.75) is 6.92 Å². The molecule has 0 atom stereocenters. The number of hydrogen-bond acceptors (Lipinski definition) is 5. The van der Waals surface area contributed by atoms with Gasteiger partial charge in [0, 0.05) is 48.5 Å². The Morgan fingerprint density at radius 1 is 1.23 bits per heavy atom. The predicted octanol–water partition coefficient (Wildman–Crippen LogP) is 1.21. The molecule has 5 N–H and O–H groups in total. The van der Waals surface area contributed by atoms with Crippen molar-refractivity contribution in [3.05, 3.63) is 52.5 Å². The van der Waals surface area contributed by atoms with Gasteiger partial charge in [0.05, 0.1) is 5.70 Å². The second-order valence-corrected chi connectivity index (χ2v) is 7.08. The number of carbonyl (C=O) groups is 2. The lowest BCUT2D eigenvalue weighted by atomic mass is 10.0. The van der Waals surface area contributed by atoms with Crippen LogP contribution in [0.4, 0.5) is 4.39 Å². The van der Waals surface area contributed by atoms with Crippen molar-refractivity contribution in [1.29, 1.82) is 0 Å². The summed E-state index contributed by atoms with van der Waals surface area (Å²) in [6.45, 7) is 2.90. The summed E-state index contributed by atoms with van der Waals surface area (Å²) in [7, 11) is 1.47. The number of halogens is 1. The summed E-state index contributed by atoms with van der Waals surface area (Å²) in [5.74, 6) is 0.600. The summed E-state index contributed by atoms with van der Waals surface area (Å²) in [5, 5.41) is 2.45. The maximum atomic E-state index is 14.1. The molecular weight excluding hydrogens is 355 g/mol. The number of allylic oxidation sites excluding steroid dienone is 2. The van der Waals surface area contributed by atoms with Crippen molar-refractivity contribution in [1.82, 2.24) is 10.2 Å². The van der Waals surface area contributed by atoms with E-state index in [1.807, 2.05) is 0 Å². The third-order valence-electron chi connectivity index (χ3n) is 4.13. The minimum Gasteiger partial charge on any atom is -0.398 e. The Morgan fingerprint density at radius 2 is 1.88 bits per heavy atom. The summed E-state index contributed by atoms with van der Waals surface area (Å²) in [6, 6.07) is 2.67. The molecule has 1 aliphatic rings. The first-order valence-corrected chi connectivity index (χ1v) is 9.33. The Bertz CT molecular complexity index is 771. The van der Waals surface area contributed by atoms with Crippen LogP contribution in [-0.2, 0) is 4.79 Å². The fraction of sp³-hybridized carbons (Fsp3) is 0.333. The van der Waals surface area contributed by atoms with Gasteiger partial charge in [-0.3, -0.25) is 9.59 Å². The van der Waals surface area contributed by atoms with Gasteiger partial charge in [-0.2, -0.15) is 11.8 Å². The Kier molecular flexibility index (Phi) is 6.68. The predicted molar refractivity (Wildman–Crippen MR) is 103 cm³/mol. The van der Waals surface area contributed by atoms with E-state index in [4.69, 9.17) is 11.5 Å². The van der Waals surface area contributed by atoms with E-state index < -0.39 is 11.7 Å². The molecule has 2 amide bonds. The molecule has 1 saturated heterocycles. The lowest BCUT2D eigenvalue weighted by Crippen LogP contribution is -2.40. The SMILES string of the molecule is CNC(=O)c1cc(F)c(C)c(/C(N)=C/C=C(\N)C(=O)N2CCSCC2)c1. The maximum Gasteiger partial charge on any atom is 0.269 e. The second kappa shape index (κ2) is 8.75. The Morgan fingerprint density at radius 3 is 2.50 bits per heavy atom. The van der Waals surface area contributed by atoms with Crippen LogP contribution in [0.2, 0.25) is 0 Å². The summed E-state index contributed by atoms with van der Waals surface area (Å²) >= 11 is 1.80. The van der Waals surface area contributed by atoms with E-state index in [-0.39, 0.29) is 22.9 Å². The molecule has 2 rings (SSSR count). The summed E-state index contributed by atoms with van der Waals surface area (Å²) in [5.41, 5.74) is 13.1. The van der Waals surface area contributed by atoms with Gasteiger partial charge in [-0.1, -0.05) is 0 Å². The highest BCUT2D eigenvalue weighted by atomic mass is 32.2. The Labute approximate surface area is 156 Å². The second-order valence-electron chi connectivity index (χ2n) is 5.86. The number of hydrogen-bond donors (Lipinski definition) is 3. The first-order valence-electron chi connectivity index (χ1n) is 8.17. The molecule has 6 nitrogen and oxygen atoms in total. The molecule has 1 aromatic carbocycles. The zero-order valence-electron chi connectivity index (χ0n) is 14.8. The molecule has 1 fully saturated rings. The maximum absolute atomic E-state index is 14.1. The largest absolute Gasteiger partial charge is 0.398 e. The lowest BCUT2D eigenvalue weighted by molar-refractivity contribution is -0.126. The van der Waals surface area contributed by atoms with Crippen molar-refractivity contribution in [3.8, 4) is 0 Å². The van der Waals surface area contributed by atoms with Crippen LogP contribution < -0.4 is 16.8 Å². The third-order valence-corrected chi connectivity index (χ3v) is 5.07. The standard InChI is InChI=1S/C18H23FN4O2S/c1-11-13(9-12(10-14(11)19)17(24)22-2)15(20)3-4-16(21)18(25)23-5-7-26-8-6-23/h3-4,9-10H,5-8,20-21H2,1-2H3,(H,22,24)/b15-3-,16-4-. The van der Waals surface area contributed by atoms with Crippen LogP contribution in [0.25, 0.3) is 5.70 Å². The van der Waals surface area contributed by atoms with E-state index in [0.717, 1.165) is 17.6 Å². The van der Waals surface area contributed by atoms with E-state index in [9.17, 15) is 14.0 Å². The van der Waals surface area contributed by atoms with Gasteiger partial charge in [-0.05, 0) is 36.8 Å². The normalized spacial score (nSPS) is 15.7. The fourth-order valence-corrected chi connectivity index (χ4v) is 3.45. The van der Waals surface area contributed by atoms with Crippen LogP contribution in [-0.4, -0.2) is 48.4 Å². The van der Waals surface area contributed by atoms with E-state index in [1.54, 1.807) is 23.6 Å². The Hall–Kier alpha value is -2.48. The quantitative estimate of drug-likeness (QED) is 0.540. The van der Waals surface area contributed by atoms with Gasteiger partial charge in [-0.15, -0.1) is 0 Å². The smallest absolute Gasteiger partial charge is 0.269 e. The van der Waals surface area contributed by atoms with Gasteiger partial charge in [0.15, 0.2) is 0 Å². The van der Waals surface area contributed by atoms with Crippen molar-refractivity contribution in [3.63, 3.8) is 0 Å². The first kappa shape index (κ1) is 19.8. The highest BCUT2D eigenvalue weighted by Crippen LogP contribution is 2.21. The van der Waals surface area contributed by atoms with Crippen molar-refractivity contribution >= 4 is 29.3 Å². The molecule has 0 aliphatic carbocycles. The van der Waals surface area contributed by atoms with Crippen LogP contribution in [0, 0.1) is 12.7 Å². The molecule has 0 saturated carbocycles. The number of benzene rings is 1. The zero-order chi connectivity index (χ0) is 19.3. The van der Waals surface area contributed by atoms with Gasteiger partial charge in [0.1, 0.15) is 5.82 Å². The fourth-order valence-electron chi connectivity index (χ4n) is 2.54. The van der Waals surface area contributed by atoms with Crippen LogP contribution >= 0.6 is 11.8 Å². The highest BCUT2D eigenvalue weighted by Gasteiger charge is 2.18. The van der Waals surface area contributed by atoms with Crippen LogP contribution in [0.3, 0.4) is 0 Å². The number of amides is 2. The van der Waals surface area contributed by atoms with Crippen molar-refractivity contribution < 1.29 is 14.0 Å². The van der Waals surface area contributed by atoms with Gasteiger partial charge in [-0.25, -0.2) is 4.39 Å². The molecule has 1 heterocycles. The summed E-state index contributed by atoms with van der Waals surface area (Å²) < 4.78 is 14.1. The van der Waals surface area contributed by atoms with E-state index in [1.165, 1.54) is 25.3 Å². The summed E-state index contributed by atoms with van der Waals surface area (Å²) in [4.78, 5) is 25.7. The molecule has 1 aromatic rings. The number of nitrogens with one attached hydrogen (secondary N) is 1. The lowest BCUT2D eigenvalue weighted by Gasteiger charge is -2.26. The molecule has 0 radical (unpaired) electrons. The monoisotopic (exact) mass is 378 g/mol. The van der Waals surface area contributed by atoms with Gasteiger partial charge in [0.2, 0.25) is 0 Å². The molecular formula is C18H23FN4O2S. The first-order chi connectivity index (χ1) is 12.3. The molecule has 140 valence electrons. The molecule has 8 heteroatoms. The number of carbonyl (C=O) groups excluding carboxylic acids is 2. The van der Waals surface area contributed by atoms with Gasteiger partial charge < -0.3 is 21.7 Å². The van der Waals surface area contributed by atoms with E-state index >= 15 is 0 Å². The van der Waals surface area contributed by atoms with Crippen molar-refractivity contribution in [2.75, 3.05) is 31.6 Å². The minimum absolute atomic E-state index is 0.0698. The molecule has 0 unspecified atom stereocenters. The van der Waals surface area contributed by atoms with E-state index in [0.29, 0.717) is 24.2 Å². The van der Waals surface area contributed by atoms with Gasteiger partial charge in [0.25, 0.3) is 11.8 Å². The topological polar surface area (TPSA) is 101 Å². The van der Waals surface area contributed by atoms with Crippen LogP contribution in [0.1, 0.15) is 21.5 Å². The number of nitrogens with two attached hydrogens (primary N) is 2. The van der Waals surface area contributed by atoms with E-state index in [2.05, 4.69) is 5.32 Å². The van der Waals surface area contributed by atoms with Gasteiger partial charge >= 0.3 is 0 Å². The third kappa shape index (κ3) is 4.57.